The predicted molar refractivity (Wildman–Crippen MR) is 74.2 cm³/mol. The van der Waals surface area contributed by atoms with Crippen molar-refractivity contribution in [2.45, 2.75) is 33.1 Å². The van der Waals surface area contributed by atoms with Crippen LogP contribution in [0.3, 0.4) is 0 Å². The van der Waals surface area contributed by atoms with Gasteiger partial charge in [-0.1, -0.05) is 25.5 Å². The van der Waals surface area contributed by atoms with Crippen LogP contribution >= 0.6 is 0 Å². The van der Waals surface area contributed by atoms with Crippen LogP contribution < -0.4 is 5.32 Å². The Morgan fingerprint density at radius 1 is 1.32 bits per heavy atom. The number of unbranched alkanes of at least 4 members (excludes halogenated alkanes) is 1. The number of carbonyl (C=O) groups is 1. The summed E-state index contributed by atoms with van der Waals surface area (Å²) in [4.78, 5) is 15.7. The van der Waals surface area contributed by atoms with Crippen molar-refractivity contribution in [2.24, 2.45) is 0 Å². The maximum Gasteiger partial charge on any atom is 0.311 e. The van der Waals surface area contributed by atoms with Crippen molar-refractivity contribution < 1.29 is 9.21 Å². The minimum Gasteiger partial charge on any atom is -0.438 e. The molecule has 0 saturated carbocycles. The van der Waals surface area contributed by atoms with E-state index in [2.05, 4.69) is 17.2 Å². The lowest BCUT2D eigenvalue weighted by Crippen LogP contribution is -2.12. The molecule has 0 aliphatic rings. The number of aryl methyl sites for hydroxylation is 2. The molecule has 19 heavy (non-hydrogen) atoms. The molecule has 4 heteroatoms. The number of aromatic nitrogens is 1. The third kappa shape index (κ3) is 3.68. The number of carbonyl (C=O) groups excluding carboxylic acids is 1. The molecule has 0 aliphatic heterocycles. The number of nitrogens with one attached hydrogen (secondary N) is 1. The van der Waals surface area contributed by atoms with E-state index in [4.69, 9.17) is 4.42 Å². The monoisotopic (exact) mass is 258 g/mol. The van der Waals surface area contributed by atoms with Crippen LogP contribution in [0.5, 0.6) is 0 Å². The van der Waals surface area contributed by atoms with Crippen molar-refractivity contribution in [1.29, 1.82) is 0 Å². The lowest BCUT2D eigenvalue weighted by molar-refractivity contribution is 0.0989. The molecule has 0 radical (unpaired) electrons. The smallest absolute Gasteiger partial charge is 0.311 e. The summed E-state index contributed by atoms with van der Waals surface area (Å²) >= 11 is 0. The maximum absolute atomic E-state index is 11.8. The van der Waals surface area contributed by atoms with E-state index in [1.54, 1.807) is 6.92 Å². The number of hydrogen-bond donors (Lipinski definition) is 1. The summed E-state index contributed by atoms with van der Waals surface area (Å²) in [6.45, 7) is 3.93. The van der Waals surface area contributed by atoms with Crippen LogP contribution in [0, 0.1) is 6.92 Å². The molecule has 1 aromatic carbocycles. The van der Waals surface area contributed by atoms with Gasteiger partial charge in [0.1, 0.15) is 5.76 Å². The van der Waals surface area contributed by atoms with Crippen LogP contribution in [0.4, 0.5) is 5.69 Å². The predicted octanol–water partition coefficient (Wildman–Crippen LogP) is 3.58. The molecule has 2 rings (SSSR count). The van der Waals surface area contributed by atoms with E-state index >= 15 is 0 Å². The van der Waals surface area contributed by atoms with Crippen molar-refractivity contribution in [3.05, 3.63) is 47.7 Å². The Kier molecular flexibility index (Phi) is 4.34. The highest BCUT2D eigenvalue weighted by molar-refractivity contribution is 6.00. The highest BCUT2D eigenvalue weighted by Crippen LogP contribution is 2.13. The third-order valence-electron chi connectivity index (χ3n) is 2.85. The Morgan fingerprint density at radius 2 is 2.05 bits per heavy atom. The minimum absolute atomic E-state index is 0.0903. The fourth-order valence-corrected chi connectivity index (χ4v) is 1.78. The van der Waals surface area contributed by atoms with Gasteiger partial charge in [0, 0.05) is 5.69 Å². The second kappa shape index (κ2) is 6.18. The molecule has 0 spiro atoms. The highest BCUT2D eigenvalue weighted by atomic mass is 16.4. The zero-order valence-corrected chi connectivity index (χ0v) is 11.3. The SMILES string of the molecule is CCCCc1ccc(NC(=O)c2ncc(C)o2)cc1. The molecule has 0 unspecified atom stereocenters. The summed E-state index contributed by atoms with van der Waals surface area (Å²) in [6, 6.07) is 7.87. The van der Waals surface area contributed by atoms with Gasteiger partial charge in [0.2, 0.25) is 0 Å². The first-order valence-electron chi connectivity index (χ1n) is 6.51. The molecular weight excluding hydrogens is 240 g/mol. The number of oxazole rings is 1. The minimum atomic E-state index is -0.325. The fourth-order valence-electron chi connectivity index (χ4n) is 1.78. The zero-order valence-electron chi connectivity index (χ0n) is 11.3. The van der Waals surface area contributed by atoms with Crippen molar-refractivity contribution in [3.63, 3.8) is 0 Å². The van der Waals surface area contributed by atoms with Gasteiger partial charge in [0.25, 0.3) is 5.89 Å². The van der Waals surface area contributed by atoms with Crippen LogP contribution in [0.15, 0.2) is 34.9 Å². The normalized spacial score (nSPS) is 10.4. The molecular formula is C15H18N2O2. The Bertz CT molecular complexity index is 544. The summed E-state index contributed by atoms with van der Waals surface area (Å²) in [5.74, 6) is 0.391. The summed E-state index contributed by atoms with van der Waals surface area (Å²) in [5.41, 5.74) is 2.04. The fraction of sp³-hybridized carbons (Fsp3) is 0.333. The summed E-state index contributed by atoms with van der Waals surface area (Å²) in [7, 11) is 0. The molecule has 4 nitrogen and oxygen atoms in total. The van der Waals surface area contributed by atoms with Crippen molar-refractivity contribution >= 4 is 11.6 Å². The average molecular weight is 258 g/mol. The molecule has 0 bridgehead atoms. The Labute approximate surface area is 112 Å². The molecule has 1 amide bonds. The maximum atomic E-state index is 11.8. The Balaban J connectivity index is 1.97. The van der Waals surface area contributed by atoms with Crippen molar-refractivity contribution in [2.75, 3.05) is 5.32 Å². The molecule has 0 saturated heterocycles. The van der Waals surface area contributed by atoms with Crippen LogP contribution in [-0.2, 0) is 6.42 Å². The molecule has 0 fully saturated rings. The van der Waals surface area contributed by atoms with E-state index in [0.29, 0.717) is 5.76 Å². The second-order valence-corrected chi connectivity index (χ2v) is 4.53. The first-order valence-corrected chi connectivity index (χ1v) is 6.51. The van der Waals surface area contributed by atoms with Crippen LogP contribution in [0.2, 0.25) is 0 Å². The standard InChI is InChI=1S/C15H18N2O2/c1-3-4-5-12-6-8-13(9-7-12)17-14(18)15-16-10-11(2)19-15/h6-10H,3-5H2,1-2H3,(H,17,18). The number of hydrogen-bond acceptors (Lipinski definition) is 3. The van der Waals surface area contributed by atoms with Crippen LogP contribution in [0.1, 0.15) is 41.8 Å². The van der Waals surface area contributed by atoms with E-state index in [1.807, 2.05) is 24.3 Å². The number of benzene rings is 1. The van der Waals surface area contributed by atoms with Gasteiger partial charge in [-0.25, -0.2) is 4.98 Å². The molecule has 0 atom stereocenters. The number of nitrogens with zero attached hydrogens (tertiary/aromatic N) is 1. The van der Waals surface area contributed by atoms with E-state index < -0.39 is 0 Å². The molecule has 1 N–H and O–H groups in total. The van der Waals surface area contributed by atoms with E-state index in [-0.39, 0.29) is 11.8 Å². The van der Waals surface area contributed by atoms with Gasteiger partial charge < -0.3 is 9.73 Å². The topological polar surface area (TPSA) is 55.1 Å². The van der Waals surface area contributed by atoms with Gasteiger partial charge in [-0.3, -0.25) is 4.79 Å². The summed E-state index contributed by atoms with van der Waals surface area (Å²) < 4.78 is 5.17. The van der Waals surface area contributed by atoms with E-state index in [0.717, 1.165) is 12.1 Å². The van der Waals surface area contributed by atoms with Crippen molar-refractivity contribution in [1.82, 2.24) is 4.98 Å². The molecule has 1 heterocycles. The Morgan fingerprint density at radius 3 is 2.63 bits per heavy atom. The van der Waals surface area contributed by atoms with E-state index in [1.165, 1.54) is 24.6 Å². The largest absolute Gasteiger partial charge is 0.438 e. The van der Waals surface area contributed by atoms with Crippen LogP contribution in [0.25, 0.3) is 0 Å². The summed E-state index contributed by atoms with van der Waals surface area (Å²) in [5, 5.41) is 2.76. The van der Waals surface area contributed by atoms with Gasteiger partial charge in [0.05, 0.1) is 6.20 Å². The first-order chi connectivity index (χ1) is 9.19. The average Bonchev–Trinajstić information content (AvgIpc) is 2.85. The second-order valence-electron chi connectivity index (χ2n) is 4.53. The number of rotatable bonds is 5. The van der Waals surface area contributed by atoms with Gasteiger partial charge in [-0.15, -0.1) is 0 Å². The van der Waals surface area contributed by atoms with Gasteiger partial charge in [-0.2, -0.15) is 0 Å². The Hall–Kier alpha value is -2.10. The lowest BCUT2D eigenvalue weighted by atomic mass is 10.1. The van der Waals surface area contributed by atoms with Gasteiger partial charge in [-0.05, 0) is 37.5 Å². The lowest BCUT2D eigenvalue weighted by Gasteiger charge is -2.04. The number of amides is 1. The summed E-state index contributed by atoms with van der Waals surface area (Å²) in [6.07, 6.45) is 4.97. The molecule has 2 aromatic rings. The van der Waals surface area contributed by atoms with E-state index in [9.17, 15) is 4.79 Å². The van der Waals surface area contributed by atoms with Gasteiger partial charge in [0.15, 0.2) is 0 Å². The zero-order chi connectivity index (χ0) is 13.7. The van der Waals surface area contributed by atoms with Crippen LogP contribution in [-0.4, -0.2) is 10.9 Å². The third-order valence-corrected chi connectivity index (χ3v) is 2.85. The quantitative estimate of drug-likeness (QED) is 0.891. The molecule has 0 aliphatic carbocycles. The number of anilines is 1. The highest BCUT2D eigenvalue weighted by Gasteiger charge is 2.11. The van der Waals surface area contributed by atoms with Crippen molar-refractivity contribution in [3.8, 4) is 0 Å². The first kappa shape index (κ1) is 13.3. The van der Waals surface area contributed by atoms with Gasteiger partial charge >= 0.3 is 5.91 Å². The molecule has 1 aromatic heterocycles. The molecule has 100 valence electrons.